The first kappa shape index (κ1) is 21.1. The van der Waals surface area contributed by atoms with E-state index in [-0.39, 0.29) is 11.9 Å². The molecule has 1 amide bonds. The highest BCUT2D eigenvalue weighted by Gasteiger charge is 2.28. The molecule has 1 aliphatic rings. The maximum atomic E-state index is 13.1. The van der Waals surface area contributed by atoms with Gasteiger partial charge in [0.2, 0.25) is 5.88 Å². The quantitative estimate of drug-likeness (QED) is 0.480. The summed E-state index contributed by atoms with van der Waals surface area (Å²) < 4.78 is 9.10. The summed E-state index contributed by atoms with van der Waals surface area (Å²) >= 11 is 6.03. The lowest BCUT2D eigenvalue weighted by Crippen LogP contribution is -2.22. The molecule has 0 bridgehead atoms. The molecule has 9 nitrogen and oxygen atoms in total. The standard InChI is InChI=1S/C23H22ClN7O2/c1-14-12-30(13-25-14)19-10-11-20(27-23(19)33-2)26-22(32)21-18-5-3-4-17(31(18)29-28-21)15-6-8-16(24)9-7-15/h6-13,17H,3-5H2,1-2H3,(H,26,27,32). The van der Waals surface area contributed by atoms with E-state index in [9.17, 15) is 4.79 Å². The molecule has 0 saturated carbocycles. The fourth-order valence-electron chi connectivity index (χ4n) is 4.13. The zero-order chi connectivity index (χ0) is 22.9. The summed E-state index contributed by atoms with van der Waals surface area (Å²) in [5, 5.41) is 12.0. The summed E-state index contributed by atoms with van der Waals surface area (Å²) in [5.41, 5.74) is 3.82. The Labute approximate surface area is 195 Å². The van der Waals surface area contributed by atoms with Crippen LogP contribution in [0.15, 0.2) is 48.9 Å². The lowest BCUT2D eigenvalue weighted by molar-refractivity contribution is 0.102. The van der Waals surface area contributed by atoms with E-state index in [1.807, 2.05) is 52.7 Å². The average Bonchev–Trinajstić information content (AvgIpc) is 3.46. The summed E-state index contributed by atoms with van der Waals surface area (Å²) in [6, 6.07) is 11.3. The molecule has 4 heterocycles. The van der Waals surface area contributed by atoms with Crippen LogP contribution in [-0.4, -0.2) is 42.5 Å². The molecule has 1 N–H and O–H groups in total. The Morgan fingerprint density at radius 2 is 2.03 bits per heavy atom. The number of fused-ring (bicyclic) bond motifs is 1. The molecule has 3 aromatic heterocycles. The molecule has 1 unspecified atom stereocenters. The van der Waals surface area contributed by atoms with Crippen molar-refractivity contribution < 1.29 is 9.53 Å². The minimum absolute atomic E-state index is 0.0243. The summed E-state index contributed by atoms with van der Waals surface area (Å²) in [5.74, 6) is 0.385. The van der Waals surface area contributed by atoms with E-state index in [4.69, 9.17) is 16.3 Å². The number of ether oxygens (including phenoxy) is 1. The molecule has 168 valence electrons. The van der Waals surface area contributed by atoms with Crippen LogP contribution in [0.4, 0.5) is 5.82 Å². The van der Waals surface area contributed by atoms with Gasteiger partial charge in [-0.25, -0.2) is 9.67 Å². The third-order valence-corrected chi connectivity index (χ3v) is 5.96. The summed E-state index contributed by atoms with van der Waals surface area (Å²) in [6.07, 6.45) is 6.15. The number of carbonyl (C=O) groups excluding carboxylic acids is 1. The van der Waals surface area contributed by atoms with Crippen LogP contribution in [-0.2, 0) is 6.42 Å². The van der Waals surface area contributed by atoms with Crippen LogP contribution < -0.4 is 10.1 Å². The minimum atomic E-state index is -0.353. The van der Waals surface area contributed by atoms with E-state index in [1.165, 1.54) is 7.11 Å². The predicted octanol–water partition coefficient (Wildman–Crippen LogP) is 4.01. The number of nitrogens with one attached hydrogen (secondary N) is 1. The van der Waals surface area contributed by atoms with Gasteiger partial charge in [0.25, 0.3) is 5.91 Å². The van der Waals surface area contributed by atoms with Crippen LogP contribution in [0.1, 0.15) is 46.3 Å². The highest BCUT2D eigenvalue weighted by Crippen LogP contribution is 2.32. The molecule has 0 saturated heterocycles. The SMILES string of the molecule is COc1nc(NC(=O)c2nnn3c2CCCC3c2ccc(Cl)cc2)ccc1-n1cnc(C)c1. The maximum Gasteiger partial charge on any atom is 0.279 e. The van der Waals surface area contributed by atoms with E-state index in [2.05, 4.69) is 25.6 Å². The second-order valence-corrected chi connectivity index (χ2v) is 8.33. The van der Waals surface area contributed by atoms with Crippen molar-refractivity contribution in [2.45, 2.75) is 32.2 Å². The Kier molecular flexibility index (Phi) is 5.55. The van der Waals surface area contributed by atoms with Gasteiger partial charge in [0.1, 0.15) is 11.5 Å². The van der Waals surface area contributed by atoms with E-state index >= 15 is 0 Å². The van der Waals surface area contributed by atoms with Gasteiger partial charge >= 0.3 is 0 Å². The predicted molar refractivity (Wildman–Crippen MR) is 123 cm³/mol. The topological polar surface area (TPSA) is 99.8 Å². The van der Waals surface area contributed by atoms with E-state index < -0.39 is 0 Å². The summed E-state index contributed by atoms with van der Waals surface area (Å²) in [7, 11) is 1.54. The van der Waals surface area contributed by atoms with Gasteiger partial charge in [-0.05, 0) is 56.0 Å². The number of benzene rings is 1. The van der Waals surface area contributed by atoms with Gasteiger partial charge < -0.3 is 14.6 Å². The minimum Gasteiger partial charge on any atom is -0.479 e. The first-order valence-electron chi connectivity index (χ1n) is 10.6. The monoisotopic (exact) mass is 463 g/mol. The van der Waals surface area contributed by atoms with Crippen LogP contribution in [0, 0.1) is 6.92 Å². The van der Waals surface area contributed by atoms with Gasteiger partial charge in [-0.15, -0.1) is 5.10 Å². The van der Waals surface area contributed by atoms with Gasteiger partial charge in [0.05, 0.1) is 30.9 Å². The number of imidazole rings is 1. The van der Waals surface area contributed by atoms with E-state index in [0.717, 1.165) is 41.9 Å². The molecule has 33 heavy (non-hydrogen) atoms. The highest BCUT2D eigenvalue weighted by molar-refractivity contribution is 6.30. The number of carbonyl (C=O) groups is 1. The number of methoxy groups -OCH3 is 1. The Balaban J connectivity index is 1.39. The summed E-state index contributed by atoms with van der Waals surface area (Å²) in [6.45, 7) is 1.90. The summed E-state index contributed by atoms with van der Waals surface area (Å²) in [4.78, 5) is 21.7. The fraction of sp³-hybridized carbons (Fsp3) is 0.261. The largest absolute Gasteiger partial charge is 0.479 e. The number of anilines is 1. The number of hydrogen-bond acceptors (Lipinski definition) is 6. The highest BCUT2D eigenvalue weighted by atomic mass is 35.5. The molecule has 0 spiro atoms. The van der Waals surface area contributed by atoms with Crippen molar-refractivity contribution in [3.05, 3.63) is 76.6 Å². The Morgan fingerprint density at radius 1 is 1.21 bits per heavy atom. The molecule has 1 aromatic carbocycles. The Morgan fingerprint density at radius 3 is 2.76 bits per heavy atom. The average molecular weight is 464 g/mol. The van der Waals surface area contributed by atoms with Crippen molar-refractivity contribution in [1.29, 1.82) is 0 Å². The number of nitrogens with zero attached hydrogens (tertiary/aromatic N) is 6. The molecule has 0 aliphatic carbocycles. The van der Waals surface area contributed by atoms with E-state index in [1.54, 1.807) is 12.4 Å². The zero-order valence-electron chi connectivity index (χ0n) is 18.2. The van der Waals surface area contributed by atoms with Crippen LogP contribution in [0.2, 0.25) is 5.02 Å². The van der Waals surface area contributed by atoms with E-state index in [0.29, 0.717) is 22.4 Å². The number of rotatable bonds is 5. The first-order valence-corrected chi connectivity index (χ1v) is 11.0. The molecule has 1 atom stereocenters. The first-order chi connectivity index (χ1) is 16.0. The van der Waals surface area contributed by atoms with Crippen molar-refractivity contribution in [1.82, 2.24) is 29.5 Å². The molecular formula is C23H22ClN7O2. The number of aryl methyl sites for hydroxylation is 1. The van der Waals surface area contributed by atoms with Crippen LogP contribution in [0.3, 0.4) is 0 Å². The van der Waals surface area contributed by atoms with Crippen molar-refractivity contribution in [2.24, 2.45) is 0 Å². The molecule has 1 aliphatic heterocycles. The lowest BCUT2D eigenvalue weighted by Gasteiger charge is -2.24. The van der Waals surface area contributed by atoms with Gasteiger partial charge in [-0.1, -0.05) is 28.9 Å². The van der Waals surface area contributed by atoms with Crippen LogP contribution in [0.5, 0.6) is 5.88 Å². The number of aromatic nitrogens is 6. The molecule has 10 heteroatoms. The van der Waals surface area contributed by atoms with Crippen LogP contribution in [0.25, 0.3) is 5.69 Å². The number of halogens is 1. The van der Waals surface area contributed by atoms with Crippen molar-refractivity contribution in [2.75, 3.05) is 12.4 Å². The lowest BCUT2D eigenvalue weighted by atomic mass is 9.96. The molecule has 5 rings (SSSR count). The molecule has 0 fully saturated rings. The zero-order valence-corrected chi connectivity index (χ0v) is 19.0. The van der Waals surface area contributed by atoms with Gasteiger partial charge in [-0.3, -0.25) is 4.79 Å². The van der Waals surface area contributed by atoms with Crippen molar-refractivity contribution in [3.63, 3.8) is 0 Å². The smallest absolute Gasteiger partial charge is 0.279 e. The van der Waals surface area contributed by atoms with Gasteiger partial charge in [-0.2, -0.15) is 4.98 Å². The van der Waals surface area contributed by atoms with Gasteiger partial charge in [0.15, 0.2) is 5.69 Å². The third-order valence-electron chi connectivity index (χ3n) is 5.71. The fourth-order valence-corrected chi connectivity index (χ4v) is 4.25. The second kappa shape index (κ2) is 8.67. The van der Waals surface area contributed by atoms with Crippen LogP contribution >= 0.6 is 11.6 Å². The number of hydrogen-bond donors (Lipinski definition) is 1. The third kappa shape index (κ3) is 4.07. The number of amides is 1. The molecule has 4 aromatic rings. The normalized spacial score (nSPS) is 15.2. The Bertz CT molecular complexity index is 1310. The maximum absolute atomic E-state index is 13.1. The Hall–Kier alpha value is -3.72. The van der Waals surface area contributed by atoms with Crippen molar-refractivity contribution in [3.8, 4) is 11.6 Å². The van der Waals surface area contributed by atoms with Gasteiger partial charge in [0, 0.05) is 11.2 Å². The van der Waals surface area contributed by atoms with Crippen molar-refractivity contribution >= 4 is 23.3 Å². The number of pyridine rings is 1. The molecule has 0 radical (unpaired) electrons. The second-order valence-electron chi connectivity index (χ2n) is 7.89. The molecular weight excluding hydrogens is 442 g/mol.